The predicted octanol–water partition coefficient (Wildman–Crippen LogP) is 1.93. The summed E-state index contributed by atoms with van der Waals surface area (Å²) in [6.07, 6.45) is 1.22. The number of nitrogens with one attached hydrogen (secondary N) is 1. The third-order valence-electron chi connectivity index (χ3n) is 3.00. The lowest BCUT2D eigenvalue weighted by atomic mass is 10.0. The molecule has 0 bridgehead atoms. The average Bonchev–Trinajstić information content (AvgIpc) is 2.81. The summed E-state index contributed by atoms with van der Waals surface area (Å²) in [7, 11) is 0. The van der Waals surface area contributed by atoms with Gasteiger partial charge in [-0.2, -0.15) is 4.98 Å². The number of hydrogen-bond acceptors (Lipinski definition) is 4. The molecule has 1 amide bonds. The van der Waals surface area contributed by atoms with Gasteiger partial charge in [0.2, 0.25) is 0 Å². The molecular weight excluding hydrogens is 244 g/mol. The van der Waals surface area contributed by atoms with Gasteiger partial charge in [0.1, 0.15) is 5.82 Å². The number of fused-ring (bicyclic) bond motifs is 3. The van der Waals surface area contributed by atoms with Gasteiger partial charge in [-0.05, 0) is 25.0 Å². The van der Waals surface area contributed by atoms with Crippen LogP contribution in [-0.4, -0.2) is 27.5 Å². The van der Waals surface area contributed by atoms with E-state index in [9.17, 15) is 4.79 Å². The minimum atomic E-state index is -0.529. The van der Waals surface area contributed by atoms with E-state index in [0.29, 0.717) is 6.61 Å². The zero-order valence-electron chi connectivity index (χ0n) is 10.6. The molecule has 0 saturated carbocycles. The number of nitrogens with zero attached hydrogens (tertiary/aromatic N) is 3. The van der Waals surface area contributed by atoms with Crippen LogP contribution in [-0.2, 0) is 17.6 Å². The SMILES string of the molecule is CCOC(=O)Nc1nc2n(n1)-c1ccccc1CC2. The van der Waals surface area contributed by atoms with Gasteiger partial charge in [-0.15, -0.1) is 5.10 Å². The Morgan fingerprint density at radius 2 is 2.26 bits per heavy atom. The van der Waals surface area contributed by atoms with Crippen molar-refractivity contribution in [1.82, 2.24) is 14.8 Å². The molecule has 1 N–H and O–H groups in total. The molecule has 0 aliphatic carbocycles. The quantitative estimate of drug-likeness (QED) is 0.893. The average molecular weight is 258 g/mol. The van der Waals surface area contributed by atoms with Crippen molar-refractivity contribution in [2.24, 2.45) is 0 Å². The Morgan fingerprint density at radius 3 is 3.11 bits per heavy atom. The summed E-state index contributed by atoms with van der Waals surface area (Å²) in [5.74, 6) is 1.13. The first kappa shape index (κ1) is 11.7. The Hall–Kier alpha value is -2.37. The number of anilines is 1. The molecule has 0 spiro atoms. The highest BCUT2D eigenvalue weighted by atomic mass is 16.5. The standard InChI is InChI=1S/C13H14N4O2/c1-2-19-13(18)15-12-14-11-8-7-9-5-3-4-6-10(9)17(11)16-12/h3-6H,2,7-8H2,1H3,(H,15,16,18). The van der Waals surface area contributed by atoms with E-state index < -0.39 is 6.09 Å². The number of benzene rings is 1. The maximum Gasteiger partial charge on any atom is 0.414 e. The zero-order valence-corrected chi connectivity index (χ0v) is 10.6. The van der Waals surface area contributed by atoms with Crippen LogP contribution in [0.15, 0.2) is 24.3 Å². The Balaban J connectivity index is 1.90. The summed E-state index contributed by atoms with van der Waals surface area (Å²) in [6.45, 7) is 2.07. The van der Waals surface area contributed by atoms with Crippen molar-refractivity contribution < 1.29 is 9.53 Å². The lowest BCUT2D eigenvalue weighted by Gasteiger charge is -2.15. The highest BCUT2D eigenvalue weighted by Crippen LogP contribution is 2.23. The number of rotatable bonds is 2. The molecular formula is C13H14N4O2. The maximum absolute atomic E-state index is 11.3. The fourth-order valence-electron chi connectivity index (χ4n) is 2.19. The lowest BCUT2D eigenvalue weighted by molar-refractivity contribution is 0.167. The van der Waals surface area contributed by atoms with Crippen molar-refractivity contribution >= 4 is 12.0 Å². The second kappa shape index (κ2) is 4.72. The van der Waals surface area contributed by atoms with E-state index in [-0.39, 0.29) is 5.95 Å². The van der Waals surface area contributed by atoms with E-state index >= 15 is 0 Å². The van der Waals surface area contributed by atoms with Gasteiger partial charge < -0.3 is 4.74 Å². The topological polar surface area (TPSA) is 69.0 Å². The third kappa shape index (κ3) is 2.16. The summed E-state index contributed by atoms with van der Waals surface area (Å²) >= 11 is 0. The highest BCUT2D eigenvalue weighted by molar-refractivity contribution is 5.82. The first-order valence-corrected chi connectivity index (χ1v) is 6.26. The molecule has 1 aromatic heterocycles. The molecule has 1 aliphatic heterocycles. The number of carbonyl (C=O) groups is 1. The van der Waals surface area contributed by atoms with Crippen LogP contribution in [0.2, 0.25) is 0 Å². The molecule has 1 aromatic carbocycles. The van der Waals surface area contributed by atoms with Crippen LogP contribution in [0, 0.1) is 0 Å². The zero-order chi connectivity index (χ0) is 13.2. The van der Waals surface area contributed by atoms with E-state index in [4.69, 9.17) is 4.74 Å². The van der Waals surface area contributed by atoms with E-state index in [1.165, 1.54) is 5.56 Å². The van der Waals surface area contributed by atoms with Crippen molar-refractivity contribution in [3.8, 4) is 5.69 Å². The van der Waals surface area contributed by atoms with Crippen LogP contribution in [0.1, 0.15) is 18.3 Å². The molecule has 6 nitrogen and oxygen atoms in total. The Labute approximate surface area is 110 Å². The summed E-state index contributed by atoms with van der Waals surface area (Å²) in [5.41, 5.74) is 2.26. The third-order valence-corrected chi connectivity index (χ3v) is 3.00. The molecule has 6 heteroatoms. The Bertz CT molecular complexity index is 621. The summed E-state index contributed by atoms with van der Waals surface area (Å²) < 4.78 is 6.59. The molecule has 3 rings (SSSR count). The molecule has 0 saturated heterocycles. The number of para-hydroxylation sites is 1. The lowest BCUT2D eigenvalue weighted by Crippen LogP contribution is -2.14. The van der Waals surface area contributed by atoms with Gasteiger partial charge in [-0.3, -0.25) is 5.32 Å². The van der Waals surface area contributed by atoms with E-state index in [1.54, 1.807) is 11.6 Å². The van der Waals surface area contributed by atoms with Gasteiger partial charge in [0, 0.05) is 6.42 Å². The second-order valence-corrected chi connectivity index (χ2v) is 4.24. The second-order valence-electron chi connectivity index (χ2n) is 4.24. The maximum atomic E-state index is 11.3. The minimum Gasteiger partial charge on any atom is -0.450 e. The summed E-state index contributed by atoms with van der Waals surface area (Å²) in [5, 5.41) is 6.83. The molecule has 2 aromatic rings. The van der Waals surface area contributed by atoms with Gasteiger partial charge in [0.25, 0.3) is 5.95 Å². The number of carbonyl (C=O) groups excluding carboxylic acids is 1. The van der Waals surface area contributed by atoms with Crippen LogP contribution in [0.3, 0.4) is 0 Å². The molecule has 1 aliphatic rings. The molecule has 0 atom stereocenters. The molecule has 0 radical (unpaired) electrons. The fourth-order valence-corrected chi connectivity index (χ4v) is 2.19. The monoisotopic (exact) mass is 258 g/mol. The summed E-state index contributed by atoms with van der Waals surface area (Å²) in [6, 6.07) is 8.06. The minimum absolute atomic E-state index is 0.283. The number of aryl methyl sites for hydroxylation is 2. The first-order valence-electron chi connectivity index (χ1n) is 6.26. The van der Waals surface area contributed by atoms with E-state index in [0.717, 1.165) is 24.4 Å². The van der Waals surface area contributed by atoms with Crippen LogP contribution < -0.4 is 5.32 Å². The van der Waals surface area contributed by atoms with Crippen LogP contribution in [0.5, 0.6) is 0 Å². The van der Waals surface area contributed by atoms with Crippen LogP contribution >= 0.6 is 0 Å². The van der Waals surface area contributed by atoms with Gasteiger partial charge in [0.15, 0.2) is 0 Å². The van der Waals surface area contributed by atoms with E-state index in [2.05, 4.69) is 21.5 Å². The summed E-state index contributed by atoms with van der Waals surface area (Å²) in [4.78, 5) is 15.7. The van der Waals surface area contributed by atoms with Crippen molar-refractivity contribution in [3.05, 3.63) is 35.7 Å². The number of amides is 1. The van der Waals surface area contributed by atoms with Crippen molar-refractivity contribution in [3.63, 3.8) is 0 Å². The Morgan fingerprint density at radius 1 is 1.42 bits per heavy atom. The molecule has 0 fully saturated rings. The van der Waals surface area contributed by atoms with Gasteiger partial charge >= 0.3 is 6.09 Å². The van der Waals surface area contributed by atoms with Gasteiger partial charge in [-0.25, -0.2) is 9.48 Å². The number of aromatic nitrogens is 3. The largest absolute Gasteiger partial charge is 0.450 e. The first-order chi connectivity index (χ1) is 9.28. The normalized spacial score (nSPS) is 12.5. The molecule has 0 unspecified atom stereocenters. The van der Waals surface area contributed by atoms with Crippen LogP contribution in [0.25, 0.3) is 5.69 Å². The molecule has 19 heavy (non-hydrogen) atoms. The van der Waals surface area contributed by atoms with Gasteiger partial charge in [-0.1, -0.05) is 18.2 Å². The fraction of sp³-hybridized carbons (Fsp3) is 0.308. The van der Waals surface area contributed by atoms with Crippen molar-refractivity contribution in [2.45, 2.75) is 19.8 Å². The van der Waals surface area contributed by atoms with E-state index in [1.807, 2.05) is 18.2 Å². The number of hydrogen-bond donors (Lipinski definition) is 1. The molecule has 98 valence electrons. The van der Waals surface area contributed by atoms with Crippen molar-refractivity contribution in [1.29, 1.82) is 0 Å². The van der Waals surface area contributed by atoms with Crippen LogP contribution in [0.4, 0.5) is 10.7 Å². The van der Waals surface area contributed by atoms with Gasteiger partial charge in [0.05, 0.1) is 12.3 Å². The molecule has 2 heterocycles. The number of ether oxygens (including phenoxy) is 1. The predicted molar refractivity (Wildman–Crippen MR) is 69.4 cm³/mol. The Kier molecular flexibility index (Phi) is 2.91. The highest BCUT2D eigenvalue weighted by Gasteiger charge is 2.20. The smallest absolute Gasteiger partial charge is 0.414 e. The van der Waals surface area contributed by atoms with Crippen molar-refractivity contribution in [2.75, 3.05) is 11.9 Å².